The first-order chi connectivity index (χ1) is 16.7. The zero-order valence-electron chi connectivity index (χ0n) is 20.1. The maximum absolute atomic E-state index is 6.42. The quantitative estimate of drug-likeness (QED) is 0.299. The molecule has 0 N–H and O–H groups in total. The molecule has 0 amide bonds. The van der Waals surface area contributed by atoms with Gasteiger partial charge < -0.3 is 18.8 Å². The van der Waals surface area contributed by atoms with Crippen molar-refractivity contribution in [2.75, 3.05) is 26.2 Å². The molecule has 6 nitrogen and oxygen atoms in total. The largest absolute Gasteiger partial charge is 0.497 e. The fourth-order valence-corrected chi connectivity index (χ4v) is 4.98. The van der Waals surface area contributed by atoms with Crippen LogP contribution in [0.25, 0.3) is 33.6 Å². The predicted molar refractivity (Wildman–Crippen MR) is 136 cm³/mol. The van der Waals surface area contributed by atoms with E-state index in [9.17, 15) is 0 Å². The highest BCUT2D eigenvalue weighted by Gasteiger charge is 2.26. The molecule has 1 saturated carbocycles. The van der Waals surface area contributed by atoms with Crippen molar-refractivity contribution in [3.63, 3.8) is 0 Å². The Kier molecular flexibility index (Phi) is 6.39. The van der Waals surface area contributed by atoms with Crippen molar-refractivity contribution in [3.8, 4) is 33.9 Å². The molecule has 34 heavy (non-hydrogen) atoms. The Morgan fingerprint density at radius 3 is 1.97 bits per heavy atom. The molecule has 0 radical (unpaired) electrons. The van der Waals surface area contributed by atoms with Crippen LogP contribution in [0.5, 0.6) is 11.5 Å². The number of fused-ring (bicyclic) bond motifs is 1. The summed E-state index contributed by atoms with van der Waals surface area (Å²) >= 11 is 0. The van der Waals surface area contributed by atoms with Crippen molar-refractivity contribution in [1.82, 2.24) is 9.97 Å². The fraction of sp³-hybridized carbons (Fsp3) is 0.357. The Morgan fingerprint density at radius 2 is 1.38 bits per heavy atom. The van der Waals surface area contributed by atoms with Gasteiger partial charge in [0.25, 0.3) is 0 Å². The minimum atomic E-state index is 0.462. The lowest BCUT2D eigenvalue weighted by Crippen LogP contribution is -2.32. The predicted octanol–water partition coefficient (Wildman–Crippen LogP) is 6.73. The zero-order valence-corrected chi connectivity index (χ0v) is 20.1. The first-order valence-corrected chi connectivity index (χ1v) is 12.0. The van der Waals surface area contributed by atoms with Crippen molar-refractivity contribution < 1.29 is 13.9 Å². The van der Waals surface area contributed by atoms with E-state index in [2.05, 4.69) is 29.1 Å². The van der Waals surface area contributed by atoms with Gasteiger partial charge in [-0.15, -0.1) is 0 Å². The molecule has 4 aromatic rings. The molecule has 0 spiro atoms. The van der Waals surface area contributed by atoms with E-state index >= 15 is 0 Å². The van der Waals surface area contributed by atoms with Gasteiger partial charge in [0.05, 0.1) is 19.6 Å². The van der Waals surface area contributed by atoms with Crippen molar-refractivity contribution in [2.45, 2.75) is 44.6 Å². The molecule has 0 aliphatic heterocycles. The highest BCUT2D eigenvalue weighted by molar-refractivity contribution is 6.06. The first-order valence-electron chi connectivity index (χ1n) is 12.0. The summed E-state index contributed by atoms with van der Waals surface area (Å²) in [6, 6.07) is 16.5. The van der Waals surface area contributed by atoms with Gasteiger partial charge in [-0.25, -0.2) is 9.97 Å². The monoisotopic (exact) mass is 457 g/mol. The average Bonchev–Trinajstić information content (AvgIpc) is 3.07. The van der Waals surface area contributed by atoms with Crippen LogP contribution in [-0.4, -0.2) is 37.3 Å². The van der Waals surface area contributed by atoms with Crippen LogP contribution in [0.3, 0.4) is 0 Å². The lowest BCUT2D eigenvalue weighted by molar-refractivity contribution is 0.414. The lowest BCUT2D eigenvalue weighted by atomic mass is 9.98. The van der Waals surface area contributed by atoms with Gasteiger partial charge in [0.2, 0.25) is 5.71 Å². The number of ether oxygens (including phenoxy) is 2. The van der Waals surface area contributed by atoms with E-state index in [1.165, 1.54) is 38.5 Å². The van der Waals surface area contributed by atoms with Crippen LogP contribution in [0.4, 0.5) is 5.82 Å². The topological polar surface area (TPSA) is 60.6 Å². The normalized spacial score (nSPS) is 14.7. The number of methoxy groups -OCH3 is 2. The third-order valence-corrected chi connectivity index (χ3v) is 6.91. The van der Waals surface area contributed by atoms with E-state index in [1.807, 2.05) is 36.4 Å². The summed E-state index contributed by atoms with van der Waals surface area (Å²) in [5, 5.41) is 0.949. The van der Waals surface area contributed by atoms with E-state index < -0.39 is 0 Å². The molecule has 2 heterocycles. The van der Waals surface area contributed by atoms with Crippen LogP contribution in [0.15, 0.2) is 59.3 Å². The number of hydrogen-bond donors (Lipinski definition) is 0. The van der Waals surface area contributed by atoms with Gasteiger partial charge in [0.1, 0.15) is 29.4 Å². The van der Waals surface area contributed by atoms with Crippen LogP contribution in [0.1, 0.15) is 38.5 Å². The van der Waals surface area contributed by atoms with Gasteiger partial charge in [-0.2, -0.15) is 0 Å². The second-order valence-corrected chi connectivity index (χ2v) is 8.90. The molecule has 1 fully saturated rings. The molecular formula is C28H31N3O3. The van der Waals surface area contributed by atoms with E-state index in [0.717, 1.165) is 45.2 Å². The molecule has 2 aromatic carbocycles. The van der Waals surface area contributed by atoms with Crippen LogP contribution >= 0.6 is 0 Å². The Hall–Kier alpha value is -3.54. The summed E-state index contributed by atoms with van der Waals surface area (Å²) in [5.41, 5.74) is 3.60. The molecule has 2 aromatic heterocycles. The van der Waals surface area contributed by atoms with Crippen molar-refractivity contribution in [3.05, 3.63) is 54.9 Å². The van der Waals surface area contributed by atoms with Crippen LogP contribution < -0.4 is 14.4 Å². The summed E-state index contributed by atoms with van der Waals surface area (Å²) in [5.74, 6) is 3.32. The van der Waals surface area contributed by atoms with E-state index in [0.29, 0.717) is 11.8 Å². The summed E-state index contributed by atoms with van der Waals surface area (Å²) in [4.78, 5) is 11.7. The average molecular weight is 458 g/mol. The Labute approximate surface area is 200 Å². The van der Waals surface area contributed by atoms with Gasteiger partial charge in [-0.05, 0) is 54.8 Å². The fourth-order valence-electron chi connectivity index (χ4n) is 4.98. The second-order valence-electron chi connectivity index (χ2n) is 8.90. The number of nitrogens with zero attached hydrogens (tertiary/aromatic N) is 3. The van der Waals surface area contributed by atoms with Gasteiger partial charge >= 0.3 is 0 Å². The van der Waals surface area contributed by atoms with Crippen molar-refractivity contribution >= 4 is 16.9 Å². The molecule has 0 unspecified atom stereocenters. The minimum absolute atomic E-state index is 0.462. The molecule has 176 valence electrons. The molecule has 6 heteroatoms. The highest BCUT2D eigenvalue weighted by atomic mass is 16.5. The van der Waals surface area contributed by atoms with Crippen molar-refractivity contribution in [2.24, 2.45) is 0 Å². The van der Waals surface area contributed by atoms with Gasteiger partial charge in [0, 0.05) is 24.2 Å². The number of furan rings is 1. The van der Waals surface area contributed by atoms with Crippen LogP contribution in [0, 0.1) is 0 Å². The Morgan fingerprint density at radius 1 is 0.794 bits per heavy atom. The zero-order chi connectivity index (χ0) is 23.5. The first kappa shape index (κ1) is 22.3. The Bertz CT molecular complexity index is 1240. The summed E-state index contributed by atoms with van der Waals surface area (Å²) in [6.45, 7) is 0. The second kappa shape index (κ2) is 9.75. The summed E-state index contributed by atoms with van der Waals surface area (Å²) in [6.07, 6.45) is 9.13. The molecule has 0 saturated heterocycles. The molecule has 0 bridgehead atoms. The number of rotatable bonds is 6. The van der Waals surface area contributed by atoms with E-state index in [-0.39, 0.29) is 0 Å². The Balaban J connectivity index is 1.70. The van der Waals surface area contributed by atoms with E-state index in [4.69, 9.17) is 18.9 Å². The molecule has 1 aliphatic carbocycles. The molecule has 5 rings (SSSR count). The van der Waals surface area contributed by atoms with Crippen molar-refractivity contribution in [1.29, 1.82) is 0 Å². The molecule has 0 atom stereocenters. The van der Waals surface area contributed by atoms with Crippen LogP contribution in [0.2, 0.25) is 0 Å². The summed E-state index contributed by atoms with van der Waals surface area (Å²) < 4.78 is 17.2. The number of benzene rings is 2. The lowest BCUT2D eigenvalue weighted by Gasteiger charge is -2.28. The van der Waals surface area contributed by atoms with Gasteiger partial charge in [-0.1, -0.05) is 37.8 Å². The van der Waals surface area contributed by atoms with Gasteiger partial charge in [0.15, 0.2) is 0 Å². The maximum Gasteiger partial charge on any atom is 0.232 e. The van der Waals surface area contributed by atoms with Gasteiger partial charge in [-0.3, -0.25) is 0 Å². The van der Waals surface area contributed by atoms with Crippen LogP contribution in [-0.2, 0) is 0 Å². The highest BCUT2D eigenvalue weighted by Crippen LogP contribution is 2.44. The molecule has 1 aliphatic rings. The minimum Gasteiger partial charge on any atom is -0.497 e. The smallest absolute Gasteiger partial charge is 0.232 e. The van der Waals surface area contributed by atoms with E-state index in [1.54, 1.807) is 20.5 Å². The third kappa shape index (κ3) is 4.20. The maximum atomic E-state index is 6.42. The third-order valence-electron chi connectivity index (χ3n) is 6.91. The summed E-state index contributed by atoms with van der Waals surface area (Å²) in [7, 11) is 5.51. The number of hydrogen-bond acceptors (Lipinski definition) is 6. The SMILES string of the molecule is COc1ccc(-c2oc3ncnc(N(C)C4CCCCCC4)c3c2-c2ccc(OC)cc2)cc1. The number of anilines is 1. The standard InChI is InChI=1S/C28H31N3O3/c1-31(21-8-6-4-5-7-9-21)27-25-24(19-10-14-22(32-2)15-11-19)26(34-28(25)30-18-29-27)20-12-16-23(33-3)17-13-20/h10-18,21H,4-9H2,1-3H3. The number of aromatic nitrogens is 2. The molecular weight excluding hydrogens is 426 g/mol.